The number of halogens is 3. The minimum absolute atomic E-state index is 0.295. The first-order chi connectivity index (χ1) is 9.00. The van der Waals surface area contributed by atoms with Crippen LogP contribution in [0.4, 0.5) is 13.2 Å². The van der Waals surface area contributed by atoms with Crippen LogP contribution in [0.15, 0.2) is 48.5 Å². The van der Waals surface area contributed by atoms with Gasteiger partial charge in [-0.3, -0.25) is 0 Å². The van der Waals surface area contributed by atoms with E-state index in [1.807, 2.05) is 6.07 Å². The molecule has 0 N–H and O–H groups in total. The van der Waals surface area contributed by atoms with Crippen LogP contribution in [0.5, 0.6) is 0 Å². The number of rotatable bonds is 2. The summed E-state index contributed by atoms with van der Waals surface area (Å²) in [5, 5.41) is 8.56. The van der Waals surface area contributed by atoms with Crippen molar-refractivity contribution in [1.82, 2.24) is 0 Å². The molecule has 2 rings (SSSR count). The Morgan fingerprint density at radius 2 is 1.63 bits per heavy atom. The molecule has 0 atom stereocenters. The zero-order chi connectivity index (χ0) is 13.9. The van der Waals surface area contributed by atoms with E-state index >= 15 is 0 Å². The average molecular weight is 261 g/mol. The van der Waals surface area contributed by atoms with Crippen LogP contribution in [-0.4, -0.2) is 0 Å². The van der Waals surface area contributed by atoms with Crippen LogP contribution in [0.25, 0.3) is 11.1 Å². The van der Waals surface area contributed by atoms with Gasteiger partial charge in [-0.15, -0.1) is 0 Å². The van der Waals surface area contributed by atoms with Crippen molar-refractivity contribution in [2.45, 2.75) is 12.6 Å². The van der Waals surface area contributed by atoms with Crippen molar-refractivity contribution >= 4 is 0 Å². The molecule has 0 saturated heterocycles. The third-order valence-electron chi connectivity index (χ3n) is 2.76. The predicted octanol–water partition coefficient (Wildman–Crippen LogP) is 4.44. The monoisotopic (exact) mass is 261 g/mol. The van der Waals surface area contributed by atoms with E-state index in [9.17, 15) is 13.2 Å². The van der Waals surface area contributed by atoms with Gasteiger partial charge in [0.2, 0.25) is 0 Å². The molecule has 0 aliphatic carbocycles. The Kier molecular flexibility index (Phi) is 3.57. The molecule has 0 spiro atoms. The van der Waals surface area contributed by atoms with Gasteiger partial charge in [-0.05, 0) is 28.8 Å². The molecular weight excluding hydrogens is 251 g/mol. The smallest absolute Gasteiger partial charge is 0.198 e. The number of benzene rings is 2. The summed E-state index contributed by atoms with van der Waals surface area (Å²) < 4.78 is 37.8. The standard InChI is InChI=1S/C15H10F3N/c16-15(17,18)14-3-1-2-13(10-14)12-6-4-11(5-7-12)8-9-19/h1-7,10H,8H2. The van der Waals surface area contributed by atoms with Crippen molar-refractivity contribution in [1.29, 1.82) is 5.26 Å². The van der Waals surface area contributed by atoms with E-state index in [1.54, 1.807) is 30.3 Å². The molecule has 0 bridgehead atoms. The van der Waals surface area contributed by atoms with E-state index in [1.165, 1.54) is 6.07 Å². The lowest BCUT2D eigenvalue weighted by Crippen LogP contribution is -2.04. The van der Waals surface area contributed by atoms with E-state index in [0.717, 1.165) is 17.7 Å². The van der Waals surface area contributed by atoms with E-state index in [4.69, 9.17) is 5.26 Å². The van der Waals surface area contributed by atoms with Gasteiger partial charge in [0.25, 0.3) is 0 Å². The summed E-state index contributed by atoms with van der Waals surface area (Å²) in [5.74, 6) is 0. The lowest BCUT2D eigenvalue weighted by molar-refractivity contribution is -0.137. The van der Waals surface area contributed by atoms with Gasteiger partial charge in [-0.2, -0.15) is 18.4 Å². The number of nitriles is 1. The van der Waals surface area contributed by atoms with Crippen molar-refractivity contribution in [2.24, 2.45) is 0 Å². The molecule has 1 nitrogen and oxygen atoms in total. The first-order valence-corrected chi connectivity index (χ1v) is 5.64. The van der Waals surface area contributed by atoms with E-state index < -0.39 is 11.7 Å². The Balaban J connectivity index is 2.34. The van der Waals surface area contributed by atoms with Crippen LogP contribution in [0.1, 0.15) is 11.1 Å². The van der Waals surface area contributed by atoms with Crippen LogP contribution in [0, 0.1) is 11.3 Å². The summed E-state index contributed by atoms with van der Waals surface area (Å²) in [7, 11) is 0. The maximum absolute atomic E-state index is 12.6. The molecule has 0 fully saturated rings. The van der Waals surface area contributed by atoms with Crippen molar-refractivity contribution < 1.29 is 13.2 Å². The highest BCUT2D eigenvalue weighted by Crippen LogP contribution is 2.32. The van der Waals surface area contributed by atoms with Crippen LogP contribution < -0.4 is 0 Å². The number of hydrogen-bond acceptors (Lipinski definition) is 1. The second kappa shape index (κ2) is 5.15. The van der Waals surface area contributed by atoms with Crippen molar-refractivity contribution in [3.63, 3.8) is 0 Å². The van der Waals surface area contributed by atoms with Crippen molar-refractivity contribution in [3.8, 4) is 17.2 Å². The van der Waals surface area contributed by atoms with Gasteiger partial charge in [-0.25, -0.2) is 0 Å². The minimum Gasteiger partial charge on any atom is -0.198 e. The molecule has 4 heteroatoms. The van der Waals surface area contributed by atoms with Crippen LogP contribution in [0.2, 0.25) is 0 Å². The number of nitrogens with zero attached hydrogens (tertiary/aromatic N) is 1. The summed E-state index contributed by atoms with van der Waals surface area (Å²) >= 11 is 0. The second-order valence-electron chi connectivity index (χ2n) is 4.11. The molecule has 0 aromatic heterocycles. The topological polar surface area (TPSA) is 23.8 Å². The Hall–Kier alpha value is -2.28. The highest BCUT2D eigenvalue weighted by Gasteiger charge is 2.30. The van der Waals surface area contributed by atoms with E-state index in [-0.39, 0.29) is 0 Å². The zero-order valence-electron chi connectivity index (χ0n) is 9.91. The molecule has 0 heterocycles. The first kappa shape index (κ1) is 13.2. The van der Waals surface area contributed by atoms with Crippen LogP contribution >= 0.6 is 0 Å². The Labute approximate surface area is 108 Å². The molecular formula is C15H10F3N. The molecule has 19 heavy (non-hydrogen) atoms. The first-order valence-electron chi connectivity index (χ1n) is 5.64. The number of hydrogen-bond donors (Lipinski definition) is 0. The molecule has 0 unspecified atom stereocenters. The second-order valence-corrected chi connectivity index (χ2v) is 4.11. The van der Waals surface area contributed by atoms with Crippen LogP contribution in [-0.2, 0) is 12.6 Å². The SMILES string of the molecule is N#CCc1ccc(-c2cccc(C(F)(F)F)c2)cc1. The van der Waals surface area contributed by atoms with Gasteiger partial charge < -0.3 is 0 Å². The Bertz CT molecular complexity index is 607. The van der Waals surface area contributed by atoms with Gasteiger partial charge in [0.05, 0.1) is 18.1 Å². The van der Waals surface area contributed by atoms with Gasteiger partial charge in [0.1, 0.15) is 0 Å². The van der Waals surface area contributed by atoms with Crippen molar-refractivity contribution in [3.05, 3.63) is 59.7 Å². The number of alkyl halides is 3. The zero-order valence-corrected chi connectivity index (χ0v) is 9.91. The Morgan fingerprint density at radius 3 is 2.21 bits per heavy atom. The van der Waals surface area contributed by atoms with E-state index in [0.29, 0.717) is 17.5 Å². The average Bonchev–Trinajstić information content (AvgIpc) is 2.39. The van der Waals surface area contributed by atoms with Gasteiger partial charge in [-0.1, -0.05) is 36.4 Å². The lowest BCUT2D eigenvalue weighted by Gasteiger charge is -2.09. The summed E-state index contributed by atoms with van der Waals surface area (Å²) in [6, 6.07) is 14.2. The molecule has 0 amide bonds. The molecule has 0 aliphatic heterocycles. The molecule has 0 saturated carbocycles. The maximum Gasteiger partial charge on any atom is 0.416 e. The highest BCUT2D eigenvalue weighted by atomic mass is 19.4. The molecule has 2 aromatic rings. The molecule has 0 aliphatic rings. The summed E-state index contributed by atoms with van der Waals surface area (Å²) in [6.07, 6.45) is -4.04. The highest BCUT2D eigenvalue weighted by molar-refractivity contribution is 5.64. The predicted molar refractivity (Wildman–Crippen MR) is 66.2 cm³/mol. The fourth-order valence-corrected chi connectivity index (χ4v) is 1.78. The van der Waals surface area contributed by atoms with Gasteiger partial charge in [0, 0.05) is 0 Å². The van der Waals surface area contributed by atoms with Crippen molar-refractivity contribution in [2.75, 3.05) is 0 Å². The minimum atomic E-state index is -4.34. The van der Waals surface area contributed by atoms with Gasteiger partial charge in [0.15, 0.2) is 0 Å². The molecule has 2 aromatic carbocycles. The third-order valence-corrected chi connectivity index (χ3v) is 2.76. The normalized spacial score (nSPS) is 11.1. The quantitative estimate of drug-likeness (QED) is 0.784. The fraction of sp³-hybridized carbons (Fsp3) is 0.133. The largest absolute Gasteiger partial charge is 0.416 e. The van der Waals surface area contributed by atoms with Gasteiger partial charge >= 0.3 is 6.18 Å². The molecule has 96 valence electrons. The molecule has 0 radical (unpaired) electrons. The van der Waals surface area contributed by atoms with Crippen LogP contribution in [0.3, 0.4) is 0 Å². The Morgan fingerprint density at radius 1 is 0.947 bits per heavy atom. The fourth-order valence-electron chi connectivity index (χ4n) is 1.78. The lowest BCUT2D eigenvalue weighted by atomic mass is 10.0. The summed E-state index contributed by atoms with van der Waals surface area (Å²) in [5.41, 5.74) is 1.40. The summed E-state index contributed by atoms with van der Waals surface area (Å²) in [4.78, 5) is 0. The third kappa shape index (κ3) is 3.14. The maximum atomic E-state index is 12.6. The summed E-state index contributed by atoms with van der Waals surface area (Å²) in [6.45, 7) is 0. The van der Waals surface area contributed by atoms with E-state index in [2.05, 4.69) is 0 Å².